The summed E-state index contributed by atoms with van der Waals surface area (Å²) in [7, 11) is 0. The molecule has 1 atom stereocenters. The molecular formula is C20H22N4O2S. The maximum atomic E-state index is 12.4. The summed E-state index contributed by atoms with van der Waals surface area (Å²) in [5.74, 6) is 1.17. The smallest absolute Gasteiger partial charge is 0.227 e. The van der Waals surface area contributed by atoms with Crippen molar-refractivity contribution >= 4 is 23.0 Å². The number of rotatable bonds is 7. The van der Waals surface area contributed by atoms with Gasteiger partial charge in [0.15, 0.2) is 5.82 Å². The summed E-state index contributed by atoms with van der Waals surface area (Å²) >= 11 is 1.42. The van der Waals surface area contributed by atoms with E-state index >= 15 is 0 Å². The fraction of sp³-hybridized carbons (Fsp3) is 0.300. The van der Waals surface area contributed by atoms with Crippen molar-refractivity contribution in [3.8, 4) is 0 Å². The van der Waals surface area contributed by atoms with Crippen LogP contribution in [0, 0.1) is 0 Å². The highest BCUT2D eigenvalue weighted by molar-refractivity contribution is 7.12. The zero-order valence-electron chi connectivity index (χ0n) is 15.5. The lowest BCUT2D eigenvalue weighted by Gasteiger charge is -2.12. The van der Waals surface area contributed by atoms with E-state index in [9.17, 15) is 9.59 Å². The molecule has 27 heavy (non-hydrogen) atoms. The predicted molar refractivity (Wildman–Crippen MR) is 105 cm³/mol. The fourth-order valence-electron chi connectivity index (χ4n) is 2.60. The Hall–Kier alpha value is -2.80. The van der Waals surface area contributed by atoms with Crippen molar-refractivity contribution in [1.29, 1.82) is 0 Å². The minimum Gasteiger partial charge on any atom is -0.348 e. The third-order valence-electron chi connectivity index (χ3n) is 4.31. The SMILES string of the molecule is CC(C)c1n[nH]c(CNC(=O)C(C)c2ccc(C(=O)c3cccs3)cc2)n1. The maximum Gasteiger partial charge on any atom is 0.227 e. The van der Waals surface area contributed by atoms with Crippen LogP contribution in [0.1, 0.15) is 65.1 Å². The van der Waals surface area contributed by atoms with Crippen molar-refractivity contribution in [3.63, 3.8) is 0 Å². The van der Waals surface area contributed by atoms with Gasteiger partial charge >= 0.3 is 0 Å². The van der Waals surface area contributed by atoms with Gasteiger partial charge in [-0.2, -0.15) is 5.10 Å². The molecule has 1 unspecified atom stereocenters. The number of nitrogens with one attached hydrogen (secondary N) is 2. The van der Waals surface area contributed by atoms with Crippen molar-refractivity contribution in [2.45, 2.75) is 39.2 Å². The van der Waals surface area contributed by atoms with Crippen molar-refractivity contribution in [2.75, 3.05) is 0 Å². The Morgan fingerprint density at radius 2 is 1.89 bits per heavy atom. The molecular weight excluding hydrogens is 360 g/mol. The molecule has 0 aliphatic heterocycles. The molecule has 140 valence electrons. The Balaban J connectivity index is 1.60. The number of amides is 1. The summed E-state index contributed by atoms with van der Waals surface area (Å²) < 4.78 is 0. The number of aromatic amines is 1. The number of aromatic nitrogens is 3. The molecule has 1 amide bonds. The molecule has 6 nitrogen and oxygen atoms in total. The maximum absolute atomic E-state index is 12.4. The first-order chi connectivity index (χ1) is 13.0. The predicted octanol–water partition coefficient (Wildman–Crippen LogP) is 3.64. The molecule has 0 aliphatic rings. The summed E-state index contributed by atoms with van der Waals surface area (Å²) in [5.41, 5.74) is 1.48. The van der Waals surface area contributed by atoms with Crippen LogP contribution in [-0.4, -0.2) is 26.9 Å². The van der Waals surface area contributed by atoms with Gasteiger partial charge in [-0.3, -0.25) is 14.7 Å². The Kier molecular flexibility index (Phi) is 5.81. The average Bonchev–Trinajstić information content (AvgIpc) is 3.37. The molecule has 2 heterocycles. The second-order valence-electron chi connectivity index (χ2n) is 6.66. The Labute approximate surface area is 162 Å². The standard InChI is InChI=1S/C20H22N4O2S/c1-12(2)19-22-17(23-24-19)11-21-20(26)13(3)14-6-8-15(9-7-14)18(25)16-5-4-10-27-16/h4-10,12-13H,11H2,1-3H3,(H,21,26)(H,22,23,24). The Morgan fingerprint density at radius 1 is 1.15 bits per heavy atom. The number of carbonyl (C=O) groups excluding carboxylic acids is 2. The van der Waals surface area contributed by atoms with Crippen LogP contribution < -0.4 is 5.32 Å². The van der Waals surface area contributed by atoms with Crippen molar-refractivity contribution in [3.05, 3.63) is 69.4 Å². The largest absolute Gasteiger partial charge is 0.348 e. The number of carbonyl (C=O) groups is 2. The molecule has 0 spiro atoms. The first kappa shape index (κ1) is 19.0. The van der Waals surface area contributed by atoms with E-state index < -0.39 is 0 Å². The number of benzene rings is 1. The van der Waals surface area contributed by atoms with Gasteiger partial charge in [0, 0.05) is 11.5 Å². The summed E-state index contributed by atoms with van der Waals surface area (Å²) in [6, 6.07) is 10.9. The van der Waals surface area contributed by atoms with Crippen LogP contribution >= 0.6 is 11.3 Å². The van der Waals surface area contributed by atoms with Crippen LogP contribution in [0.2, 0.25) is 0 Å². The van der Waals surface area contributed by atoms with Gasteiger partial charge in [-0.1, -0.05) is 44.2 Å². The molecule has 0 radical (unpaired) electrons. The van der Waals surface area contributed by atoms with Crippen LogP contribution in [0.4, 0.5) is 0 Å². The molecule has 0 saturated carbocycles. The summed E-state index contributed by atoms with van der Waals surface area (Å²) in [5, 5.41) is 11.7. The van der Waals surface area contributed by atoms with Gasteiger partial charge in [0.1, 0.15) is 5.82 Å². The van der Waals surface area contributed by atoms with Gasteiger partial charge < -0.3 is 5.32 Å². The number of nitrogens with zero attached hydrogens (tertiary/aromatic N) is 2. The highest BCUT2D eigenvalue weighted by atomic mass is 32.1. The van der Waals surface area contributed by atoms with Gasteiger partial charge in [-0.15, -0.1) is 11.3 Å². The highest BCUT2D eigenvalue weighted by Crippen LogP contribution is 2.19. The van der Waals surface area contributed by atoms with E-state index in [1.165, 1.54) is 11.3 Å². The highest BCUT2D eigenvalue weighted by Gasteiger charge is 2.17. The average molecular weight is 382 g/mol. The van der Waals surface area contributed by atoms with E-state index in [1.54, 1.807) is 12.1 Å². The molecule has 3 aromatic rings. The van der Waals surface area contributed by atoms with Gasteiger partial charge in [0.25, 0.3) is 0 Å². The van der Waals surface area contributed by atoms with E-state index in [0.717, 1.165) is 11.4 Å². The lowest BCUT2D eigenvalue weighted by Crippen LogP contribution is -2.28. The third kappa shape index (κ3) is 4.49. The number of hydrogen-bond donors (Lipinski definition) is 2. The number of H-pyrrole nitrogens is 1. The van der Waals surface area contributed by atoms with Crippen LogP contribution in [-0.2, 0) is 11.3 Å². The zero-order valence-corrected chi connectivity index (χ0v) is 16.3. The third-order valence-corrected chi connectivity index (χ3v) is 5.18. The van der Waals surface area contributed by atoms with Crippen molar-refractivity contribution < 1.29 is 9.59 Å². The van der Waals surface area contributed by atoms with E-state index in [1.807, 2.05) is 50.4 Å². The molecule has 0 saturated heterocycles. The van der Waals surface area contributed by atoms with Crippen molar-refractivity contribution in [1.82, 2.24) is 20.5 Å². The van der Waals surface area contributed by atoms with Gasteiger partial charge in [-0.25, -0.2) is 4.98 Å². The minimum atomic E-state index is -0.330. The molecule has 0 bridgehead atoms. The Morgan fingerprint density at radius 3 is 2.48 bits per heavy atom. The van der Waals surface area contributed by atoms with Gasteiger partial charge in [0.2, 0.25) is 11.7 Å². The lowest BCUT2D eigenvalue weighted by atomic mass is 9.98. The molecule has 2 N–H and O–H groups in total. The van der Waals surface area contributed by atoms with Crippen LogP contribution in [0.5, 0.6) is 0 Å². The number of ketones is 1. The summed E-state index contributed by atoms with van der Waals surface area (Å²) in [6.07, 6.45) is 0. The van der Waals surface area contributed by atoms with E-state index in [0.29, 0.717) is 22.8 Å². The van der Waals surface area contributed by atoms with Gasteiger partial charge in [0.05, 0.1) is 17.3 Å². The second kappa shape index (κ2) is 8.26. The lowest BCUT2D eigenvalue weighted by molar-refractivity contribution is -0.122. The number of hydrogen-bond acceptors (Lipinski definition) is 5. The fourth-order valence-corrected chi connectivity index (χ4v) is 3.28. The van der Waals surface area contributed by atoms with Crippen LogP contribution in [0.15, 0.2) is 41.8 Å². The summed E-state index contributed by atoms with van der Waals surface area (Å²) in [6.45, 7) is 6.17. The van der Waals surface area contributed by atoms with E-state index in [-0.39, 0.29) is 23.5 Å². The monoisotopic (exact) mass is 382 g/mol. The Bertz CT molecular complexity index is 914. The first-order valence-electron chi connectivity index (χ1n) is 8.82. The topological polar surface area (TPSA) is 87.7 Å². The molecule has 0 aliphatic carbocycles. The van der Waals surface area contributed by atoms with Crippen molar-refractivity contribution in [2.24, 2.45) is 0 Å². The molecule has 7 heteroatoms. The molecule has 2 aromatic heterocycles. The van der Waals surface area contributed by atoms with Crippen LogP contribution in [0.3, 0.4) is 0 Å². The summed E-state index contributed by atoms with van der Waals surface area (Å²) in [4.78, 5) is 29.8. The van der Waals surface area contributed by atoms with Crippen LogP contribution in [0.25, 0.3) is 0 Å². The normalized spacial score (nSPS) is 12.1. The molecule has 1 aromatic carbocycles. The second-order valence-corrected chi connectivity index (χ2v) is 7.61. The van der Waals surface area contributed by atoms with E-state index in [4.69, 9.17) is 0 Å². The first-order valence-corrected chi connectivity index (χ1v) is 9.70. The zero-order chi connectivity index (χ0) is 19.4. The molecule has 0 fully saturated rings. The number of thiophene rings is 1. The van der Waals surface area contributed by atoms with Gasteiger partial charge in [-0.05, 0) is 23.9 Å². The quantitative estimate of drug-likeness (QED) is 0.611. The molecule has 3 rings (SSSR count). The van der Waals surface area contributed by atoms with E-state index in [2.05, 4.69) is 20.5 Å². The minimum absolute atomic E-state index is 0.0000642.